The van der Waals surface area contributed by atoms with Gasteiger partial charge in [0.15, 0.2) is 10.9 Å². The number of carbonyl (C=O) groups is 1. The Morgan fingerprint density at radius 1 is 1.35 bits per heavy atom. The Kier molecular flexibility index (Phi) is 5.88. The van der Waals surface area contributed by atoms with E-state index in [4.69, 9.17) is 13.9 Å². The van der Waals surface area contributed by atoms with Gasteiger partial charge in [-0.2, -0.15) is 0 Å². The summed E-state index contributed by atoms with van der Waals surface area (Å²) in [5.74, 6) is 1.05. The van der Waals surface area contributed by atoms with E-state index in [0.717, 1.165) is 10.6 Å². The molecule has 0 unspecified atom stereocenters. The van der Waals surface area contributed by atoms with Gasteiger partial charge in [0.25, 0.3) is 6.01 Å². The molecule has 1 saturated heterocycles. The van der Waals surface area contributed by atoms with E-state index in [2.05, 4.69) is 30.5 Å². The first-order chi connectivity index (χ1) is 16.3. The largest absolute Gasteiger partial charge is 0.481 e. The summed E-state index contributed by atoms with van der Waals surface area (Å²) in [5.41, 5.74) is 0.584. The van der Waals surface area contributed by atoms with E-state index in [1.165, 1.54) is 11.3 Å². The highest BCUT2D eigenvalue weighted by Crippen LogP contribution is 2.43. The van der Waals surface area contributed by atoms with E-state index in [-0.39, 0.29) is 18.6 Å². The Morgan fingerprint density at radius 2 is 2.21 bits per heavy atom. The standard InChI is InChI=1S/C22H26N6O5S/c1-22(2,30)11-24-19(29)27-20-26-14-7-12-9-32-10-15(18(14)34-20)28(12)21-23-8-16(33-21)13-5-4-6-17(25-13)31-3/h4-6,8,12,15,30H,7,9-11H2,1-3H3,(H2,24,26,27,29)/t12-,15-/m0/s1. The number of hydrogen-bond acceptors (Lipinski definition) is 10. The van der Waals surface area contributed by atoms with Crippen LogP contribution < -0.4 is 20.3 Å². The summed E-state index contributed by atoms with van der Waals surface area (Å²) in [6.07, 6.45) is 2.31. The number of aromatic nitrogens is 3. The molecule has 2 amide bonds. The van der Waals surface area contributed by atoms with Crippen molar-refractivity contribution in [1.82, 2.24) is 20.3 Å². The molecule has 2 atom stereocenters. The maximum absolute atomic E-state index is 12.2. The van der Waals surface area contributed by atoms with Crippen LogP contribution in [0.2, 0.25) is 0 Å². The van der Waals surface area contributed by atoms with Crippen molar-refractivity contribution in [3.63, 3.8) is 0 Å². The molecule has 180 valence electrons. The van der Waals surface area contributed by atoms with Crippen molar-refractivity contribution >= 4 is 28.5 Å². The smallest absolute Gasteiger partial charge is 0.321 e. The van der Waals surface area contributed by atoms with Crippen molar-refractivity contribution < 1.29 is 23.8 Å². The molecule has 3 aromatic rings. The number of carbonyl (C=O) groups excluding carboxylic acids is 1. The third-order valence-electron chi connectivity index (χ3n) is 5.58. The van der Waals surface area contributed by atoms with Crippen molar-refractivity contribution in [2.24, 2.45) is 0 Å². The van der Waals surface area contributed by atoms with Crippen molar-refractivity contribution in [3.05, 3.63) is 35.0 Å². The summed E-state index contributed by atoms with van der Waals surface area (Å²) in [7, 11) is 1.57. The predicted octanol–water partition coefficient (Wildman–Crippen LogP) is 2.60. The van der Waals surface area contributed by atoms with Crippen molar-refractivity contribution in [2.45, 2.75) is 38.0 Å². The summed E-state index contributed by atoms with van der Waals surface area (Å²) in [6, 6.07) is 5.43. The Labute approximate surface area is 200 Å². The maximum Gasteiger partial charge on any atom is 0.321 e. The van der Waals surface area contributed by atoms with E-state index in [1.807, 2.05) is 12.1 Å². The SMILES string of the molecule is COc1cccc(-c2cnc(N3[C@@H]4COC[C@H]3c3sc(NC(=O)NCC(C)(C)O)nc3C4)o2)n1. The average molecular weight is 487 g/mol. The first kappa shape index (κ1) is 22.6. The zero-order valence-electron chi connectivity index (χ0n) is 19.1. The molecule has 2 aliphatic heterocycles. The molecule has 3 aromatic heterocycles. The van der Waals surface area contributed by atoms with Crippen LogP contribution in [-0.2, 0) is 11.2 Å². The third-order valence-corrected chi connectivity index (χ3v) is 6.69. The lowest BCUT2D eigenvalue weighted by molar-refractivity contribution is 0.0578. The molecule has 2 aliphatic rings. The predicted molar refractivity (Wildman–Crippen MR) is 125 cm³/mol. The monoisotopic (exact) mass is 486 g/mol. The van der Waals surface area contributed by atoms with Crippen LogP contribution in [0.1, 0.15) is 30.5 Å². The Balaban J connectivity index is 1.36. The van der Waals surface area contributed by atoms with Crippen molar-refractivity contribution in [2.75, 3.05) is 37.1 Å². The zero-order chi connectivity index (χ0) is 23.9. The van der Waals surface area contributed by atoms with Gasteiger partial charge in [0.05, 0.1) is 54.8 Å². The van der Waals surface area contributed by atoms with Crippen molar-refractivity contribution in [1.29, 1.82) is 0 Å². The number of nitrogens with zero attached hydrogens (tertiary/aromatic N) is 4. The minimum Gasteiger partial charge on any atom is -0.481 e. The highest BCUT2D eigenvalue weighted by Gasteiger charge is 2.42. The number of oxazole rings is 1. The summed E-state index contributed by atoms with van der Waals surface area (Å²) < 4.78 is 17.2. The molecule has 12 heteroatoms. The summed E-state index contributed by atoms with van der Waals surface area (Å²) in [5, 5.41) is 15.7. The number of thiazole rings is 1. The van der Waals surface area contributed by atoms with Crippen molar-refractivity contribution in [3.8, 4) is 17.3 Å². The Bertz CT molecular complexity index is 1190. The molecular formula is C22H26N6O5S. The topological polar surface area (TPSA) is 135 Å². The second kappa shape index (κ2) is 8.85. The fraction of sp³-hybridized carbons (Fsp3) is 0.455. The van der Waals surface area contributed by atoms with Gasteiger partial charge in [-0.3, -0.25) is 5.32 Å². The molecule has 2 bridgehead atoms. The van der Waals surface area contributed by atoms with E-state index in [1.54, 1.807) is 33.2 Å². The van der Waals surface area contributed by atoms with Crippen LogP contribution in [0, 0.1) is 0 Å². The molecule has 5 heterocycles. The molecule has 1 fully saturated rings. The molecule has 0 spiro atoms. The molecule has 0 aliphatic carbocycles. The summed E-state index contributed by atoms with van der Waals surface area (Å²) in [6.45, 7) is 4.37. The van der Waals surface area contributed by atoms with Crippen LogP contribution in [-0.4, -0.2) is 64.6 Å². The Hall–Kier alpha value is -3.22. The fourth-order valence-corrected chi connectivity index (χ4v) is 5.10. The molecule has 3 N–H and O–H groups in total. The lowest BCUT2D eigenvalue weighted by atomic mass is 9.97. The van der Waals surface area contributed by atoms with E-state index < -0.39 is 11.6 Å². The number of morpholine rings is 1. The third kappa shape index (κ3) is 4.56. The molecule has 0 radical (unpaired) electrons. The first-order valence-corrected chi connectivity index (χ1v) is 11.7. The minimum atomic E-state index is -0.996. The summed E-state index contributed by atoms with van der Waals surface area (Å²) >= 11 is 1.41. The molecule has 11 nitrogen and oxygen atoms in total. The lowest BCUT2D eigenvalue weighted by Gasteiger charge is -2.43. The second-order valence-corrected chi connectivity index (χ2v) is 9.87. The number of aliphatic hydroxyl groups is 1. The van der Waals surface area contributed by atoms with Crippen LogP contribution in [0.3, 0.4) is 0 Å². The van der Waals surface area contributed by atoms with Gasteiger partial charge in [0.2, 0.25) is 5.88 Å². The minimum absolute atomic E-state index is 0.00924. The first-order valence-electron chi connectivity index (χ1n) is 10.9. The number of rotatable bonds is 6. The maximum atomic E-state index is 12.2. The number of anilines is 2. The average Bonchev–Trinajstić information content (AvgIpc) is 3.44. The van der Waals surface area contributed by atoms with E-state index in [9.17, 15) is 9.90 Å². The van der Waals surface area contributed by atoms with E-state index in [0.29, 0.717) is 48.1 Å². The molecule has 0 saturated carbocycles. The van der Waals surface area contributed by atoms with Crippen LogP contribution in [0.4, 0.5) is 15.9 Å². The van der Waals surface area contributed by atoms with Gasteiger partial charge in [0.1, 0.15) is 5.69 Å². The zero-order valence-corrected chi connectivity index (χ0v) is 19.9. The highest BCUT2D eigenvalue weighted by molar-refractivity contribution is 7.16. The number of pyridine rings is 1. The molecule has 0 aromatic carbocycles. The summed E-state index contributed by atoms with van der Waals surface area (Å²) in [4.78, 5) is 29.0. The van der Waals surface area contributed by atoms with Gasteiger partial charge >= 0.3 is 6.03 Å². The van der Waals surface area contributed by atoms with Crippen LogP contribution in [0.5, 0.6) is 5.88 Å². The number of nitrogens with one attached hydrogen (secondary N) is 2. The van der Waals surface area contributed by atoms with Gasteiger partial charge in [-0.1, -0.05) is 17.4 Å². The Morgan fingerprint density at radius 3 is 3.00 bits per heavy atom. The number of hydrogen-bond donors (Lipinski definition) is 3. The number of urea groups is 1. The molecule has 34 heavy (non-hydrogen) atoms. The normalized spacial score (nSPS) is 19.5. The van der Waals surface area contributed by atoms with Gasteiger partial charge in [-0.25, -0.2) is 19.7 Å². The van der Waals surface area contributed by atoms with E-state index >= 15 is 0 Å². The van der Waals surface area contributed by atoms with Gasteiger partial charge < -0.3 is 29.2 Å². The highest BCUT2D eigenvalue weighted by atomic mass is 32.1. The van der Waals surface area contributed by atoms with Crippen LogP contribution >= 0.6 is 11.3 Å². The number of methoxy groups -OCH3 is 1. The quantitative estimate of drug-likeness (QED) is 0.480. The van der Waals surface area contributed by atoms with Crippen LogP contribution in [0.15, 0.2) is 28.8 Å². The van der Waals surface area contributed by atoms with Gasteiger partial charge in [0, 0.05) is 19.0 Å². The van der Waals surface area contributed by atoms with Crippen LogP contribution in [0.25, 0.3) is 11.5 Å². The number of amides is 2. The van der Waals surface area contributed by atoms with Gasteiger partial charge in [-0.15, -0.1) is 0 Å². The molecular weight excluding hydrogens is 460 g/mol. The van der Waals surface area contributed by atoms with Gasteiger partial charge in [-0.05, 0) is 19.9 Å². The number of fused-ring (bicyclic) bond motifs is 4. The lowest BCUT2D eigenvalue weighted by Crippen LogP contribution is -2.51. The molecule has 5 rings (SSSR count). The second-order valence-electron chi connectivity index (χ2n) is 8.84. The fourth-order valence-electron chi connectivity index (χ4n) is 4.03. The number of ether oxygens (including phenoxy) is 2.